The molecule has 2 aromatic carbocycles. The minimum Gasteiger partial charge on any atom is -0.493 e. The van der Waals surface area contributed by atoms with Crippen LogP contribution in [-0.2, 0) is 14.8 Å². The van der Waals surface area contributed by atoms with E-state index in [1.807, 2.05) is 44.2 Å². The molecule has 1 atom stereocenters. The molecule has 1 unspecified atom stereocenters. The molecule has 1 fully saturated rings. The maximum Gasteiger partial charge on any atom is 0.243 e. The van der Waals surface area contributed by atoms with Crippen molar-refractivity contribution in [3.8, 4) is 11.5 Å². The van der Waals surface area contributed by atoms with Crippen molar-refractivity contribution in [2.75, 3.05) is 26.8 Å². The minimum atomic E-state index is -3.56. The van der Waals surface area contributed by atoms with Gasteiger partial charge in [-0.1, -0.05) is 32.0 Å². The maximum atomic E-state index is 13.0. The lowest BCUT2D eigenvalue weighted by molar-refractivity contribution is -0.126. The van der Waals surface area contributed by atoms with Crippen molar-refractivity contribution in [2.45, 2.75) is 57.4 Å². The van der Waals surface area contributed by atoms with Gasteiger partial charge in [-0.3, -0.25) is 4.79 Å². The molecule has 186 valence electrons. The second-order valence-electron chi connectivity index (χ2n) is 8.98. The Morgan fingerprint density at radius 3 is 2.21 bits per heavy atom. The predicted molar refractivity (Wildman–Crippen MR) is 133 cm³/mol. The Kier molecular flexibility index (Phi) is 8.60. The Hall–Kier alpha value is -2.58. The van der Waals surface area contributed by atoms with E-state index in [-0.39, 0.29) is 17.9 Å². The van der Waals surface area contributed by atoms with Crippen LogP contribution in [0.1, 0.15) is 63.6 Å². The van der Waals surface area contributed by atoms with E-state index in [0.717, 1.165) is 11.1 Å². The fourth-order valence-electron chi connectivity index (χ4n) is 4.17. The molecule has 0 saturated carbocycles. The predicted octanol–water partition coefficient (Wildman–Crippen LogP) is 4.50. The highest BCUT2D eigenvalue weighted by Gasteiger charge is 2.32. The average molecular weight is 489 g/mol. The van der Waals surface area contributed by atoms with Gasteiger partial charge in [0.1, 0.15) is 0 Å². The highest BCUT2D eigenvalue weighted by Crippen LogP contribution is 2.31. The number of methoxy groups -OCH3 is 1. The van der Waals surface area contributed by atoms with Crippen molar-refractivity contribution < 1.29 is 22.7 Å². The summed E-state index contributed by atoms with van der Waals surface area (Å²) in [5, 5.41) is 3.07. The maximum absolute atomic E-state index is 13.0. The molecule has 3 rings (SSSR count). The first-order valence-corrected chi connectivity index (χ1v) is 13.3. The third-order valence-electron chi connectivity index (χ3n) is 6.36. The summed E-state index contributed by atoms with van der Waals surface area (Å²) in [4.78, 5) is 13.2. The number of carbonyl (C=O) groups excluding carboxylic acids is 1. The molecule has 0 radical (unpaired) electrons. The van der Waals surface area contributed by atoms with Gasteiger partial charge in [-0.2, -0.15) is 4.31 Å². The van der Waals surface area contributed by atoms with Crippen LogP contribution < -0.4 is 14.8 Å². The van der Waals surface area contributed by atoms with Crippen LogP contribution in [0, 0.1) is 5.92 Å². The van der Waals surface area contributed by atoms with Crippen molar-refractivity contribution in [3.63, 3.8) is 0 Å². The molecule has 1 heterocycles. The third kappa shape index (κ3) is 5.91. The van der Waals surface area contributed by atoms with Gasteiger partial charge in [-0.05, 0) is 68.0 Å². The molecule has 0 aliphatic carbocycles. The summed E-state index contributed by atoms with van der Waals surface area (Å²) >= 11 is 0. The zero-order valence-electron chi connectivity index (χ0n) is 20.7. The van der Waals surface area contributed by atoms with Crippen LogP contribution in [0.5, 0.6) is 11.5 Å². The van der Waals surface area contributed by atoms with E-state index in [1.165, 1.54) is 4.31 Å². The van der Waals surface area contributed by atoms with E-state index < -0.39 is 10.0 Å². The summed E-state index contributed by atoms with van der Waals surface area (Å²) in [6.45, 7) is 9.19. The minimum absolute atomic E-state index is 0.0568. The summed E-state index contributed by atoms with van der Waals surface area (Å²) in [5.41, 5.74) is 2.02. The van der Waals surface area contributed by atoms with E-state index in [1.54, 1.807) is 19.2 Å². The quantitative estimate of drug-likeness (QED) is 0.562. The monoisotopic (exact) mass is 488 g/mol. The number of ether oxygens (including phenoxy) is 2. The van der Waals surface area contributed by atoms with Crippen molar-refractivity contribution in [3.05, 3.63) is 53.6 Å². The molecular formula is C26H36N2O5S. The van der Waals surface area contributed by atoms with Gasteiger partial charge in [-0.15, -0.1) is 0 Å². The van der Waals surface area contributed by atoms with Crippen LogP contribution >= 0.6 is 0 Å². The molecule has 0 bridgehead atoms. The molecule has 1 aliphatic heterocycles. The van der Waals surface area contributed by atoms with Crippen molar-refractivity contribution in [2.24, 2.45) is 5.92 Å². The van der Waals surface area contributed by atoms with E-state index in [2.05, 4.69) is 19.2 Å². The average Bonchev–Trinajstić information content (AvgIpc) is 2.84. The molecule has 0 aromatic heterocycles. The lowest BCUT2D eigenvalue weighted by atomic mass is 9.96. The van der Waals surface area contributed by atoms with E-state index >= 15 is 0 Å². The van der Waals surface area contributed by atoms with Gasteiger partial charge in [0.2, 0.25) is 15.9 Å². The van der Waals surface area contributed by atoms with Crippen molar-refractivity contribution in [1.29, 1.82) is 0 Å². The second kappa shape index (κ2) is 11.2. The summed E-state index contributed by atoms with van der Waals surface area (Å²) < 4.78 is 38.5. The van der Waals surface area contributed by atoms with E-state index in [9.17, 15) is 13.2 Å². The fourth-order valence-corrected chi connectivity index (χ4v) is 5.64. The summed E-state index contributed by atoms with van der Waals surface area (Å²) in [6, 6.07) is 12.5. The first-order chi connectivity index (χ1) is 16.2. The van der Waals surface area contributed by atoms with E-state index in [4.69, 9.17) is 9.47 Å². The third-order valence-corrected chi connectivity index (χ3v) is 8.27. The van der Waals surface area contributed by atoms with Gasteiger partial charge in [-0.25, -0.2) is 8.42 Å². The lowest BCUT2D eigenvalue weighted by Crippen LogP contribution is -2.43. The van der Waals surface area contributed by atoms with Gasteiger partial charge in [0.15, 0.2) is 11.5 Å². The summed E-state index contributed by atoms with van der Waals surface area (Å²) in [7, 11) is -1.97. The second-order valence-corrected chi connectivity index (χ2v) is 10.9. The molecule has 1 saturated heterocycles. The Bertz CT molecular complexity index is 1070. The number of hydrogen-bond acceptors (Lipinski definition) is 5. The van der Waals surface area contributed by atoms with Gasteiger partial charge in [0.25, 0.3) is 0 Å². The number of nitrogens with one attached hydrogen (secondary N) is 1. The number of carbonyl (C=O) groups is 1. The van der Waals surface area contributed by atoms with E-state index in [0.29, 0.717) is 54.9 Å². The molecular weight excluding hydrogens is 452 g/mol. The first kappa shape index (κ1) is 26.0. The molecule has 0 spiro atoms. The lowest BCUT2D eigenvalue weighted by Gasteiger charge is -2.31. The molecule has 34 heavy (non-hydrogen) atoms. The number of benzene rings is 2. The van der Waals surface area contributed by atoms with Gasteiger partial charge in [0.05, 0.1) is 24.7 Å². The molecule has 1 N–H and O–H groups in total. The van der Waals surface area contributed by atoms with Crippen molar-refractivity contribution >= 4 is 15.9 Å². The fraction of sp³-hybridized carbons (Fsp3) is 0.500. The largest absolute Gasteiger partial charge is 0.493 e. The van der Waals surface area contributed by atoms with Gasteiger partial charge < -0.3 is 14.8 Å². The van der Waals surface area contributed by atoms with Gasteiger partial charge >= 0.3 is 0 Å². The Morgan fingerprint density at radius 2 is 1.65 bits per heavy atom. The van der Waals surface area contributed by atoms with Crippen molar-refractivity contribution in [1.82, 2.24) is 9.62 Å². The summed E-state index contributed by atoms with van der Waals surface area (Å²) in [5.74, 6) is 1.36. The summed E-state index contributed by atoms with van der Waals surface area (Å²) in [6.07, 6.45) is 0.989. The van der Waals surface area contributed by atoms with Crippen LogP contribution in [-0.4, -0.2) is 45.4 Å². The number of sulfonamides is 1. The smallest absolute Gasteiger partial charge is 0.243 e. The highest BCUT2D eigenvalue weighted by molar-refractivity contribution is 7.89. The zero-order chi connectivity index (χ0) is 24.9. The standard InChI is InChI=1S/C26H36N2O5S/c1-6-33-24-12-9-22(17-25(24)32-5)19(4)27-26(29)21-13-15-28(16-14-21)34(30,31)23-10-7-20(8-11-23)18(2)3/h7-12,17-19,21H,6,13-16H2,1-5H3,(H,27,29). The molecule has 1 amide bonds. The molecule has 2 aromatic rings. The zero-order valence-corrected chi connectivity index (χ0v) is 21.5. The SMILES string of the molecule is CCOc1ccc(C(C)NC(=O)C2CCN(S(=O)(=O)c3ccc(C(C)C)cc3)CC2)cc1OC. The topological polar surface area (TPSA) is 84.9 Å². The van der Waals surface area contributed by atoms with Crippen LogP contribution in [0.2, 0.25) is 0 Å². The Balaban J connectivity index is 1.59. The molecule has 1 aliphatic rings. The van der Waals surface area contributed by atoms with Crippen LogP contribution in [0.4, 0.5) is 0 Å². The Labute approximate surface area is 203 Å². The number of hydrogen-bond donors (Lipinski definition) is 1. The van der Waals surface area contributed by atoms with Crippen LogP contribution in [0.25, 0.3) is 0 Å². The number of amides is 1. The van der Waals surface area contributed by atoms with Crippen LogP contribution in [0.3, 0.4) is 0 Å². The number of rotatable bonds is 9. The van der Waals surface area contributed by atoms with Gasteiger partial charge in [0, 0.05) is 19.0 Å². The molecule has 8 heteroatoms. The highest BCUT2D eigenvalue weighted by atomic mass is 32.2. The normalized spacial score (nSPS) is 16.3. The number of nitrogens with zero attached hydrogens (tertiary/aromatic N) is 1. The molecule has 7 nitrogen and oxygen atoms in total. The first-order valence-electron chi connectivity index (χ1n) is 11.9. The Morgan fingerprint density at radius 1 is 1.03 bits per heavy atom. The van der Waals surface area contributed by atoms with Crippen LogP contribution in [0.15, 0.2) is 47.4 Å². The number of piperidine rings is 1.